The van der Waals surface area contributed by atoms with Gasteiger partial charge in [-0.05, 0) is 19.4 Å². The summed E-state index contributed by atoms with van der Waals surface area (Å²) in [6.07, 6.45) is 1.84. The molecule has 32 valence electrons. The second-order valence-electron chi connectivity index (χ2n) is 1.17. The van der Waals surface area contributed by atoms with Crippen LogP contribution in [0.5, 0.6) is 0 Å². The van der Waals surface area contributed by atoms with Crippen LogP contribution in [0.3, 0.4) is 0 Å². The van der Waals surface area contributed by atoms with Crippen molar-refractivity contribution in [2.24, 2.45) is 0 Å². The minimum absolute atomic E-state index is 0.920. The van der Waals surface area contributed by atoms with E-state index in [9.17, 15) is 0 Å². The molecule has 0 saturated carbocycles. The molecule has 0 aliphatic carbocycles. The van der Waals surface area contributed by atoms with E-state index < -0.39 is 0 Å². The summed E-state index contributed by atoms with van der Waals surface area (Å²) in [5.41, 5.74) is 0. The fourth-order valence-corrected chi connectivity index (χ4v) is 0.503. The van der Waals surface area contributed by atoms with Crippen molar-refractivity contribution in [3.05, 3.63) is 0 Å². The van der Waals surface area contributed by atoms with Gasteiger partial charge in [0.25, 0.3) is 0 Å². The number of hydrogen-bond acceptors (Lipinski definition) is 1. The molecule has 1 nitrogen and oxygen atoms in total. The monoisotopic (exact) mass is 113 g/mol. The first kappa shape index (κ1) is 6.39. The Morgan fingerprint density at radius 2 is 1.67 bits per heavy atom. The molecule has 0 spiro atoms. The van der Waals surface area contributed by atoms with Gasteiger partial charge in [0, 0.05) is 20.5 Å². The molecule has 0 fully saturated rings. The van der Waals surface area contributed by atoms with Crippen LogP contribution in [-0.2, 0) is 0 Å². The topological polar surface area (TPSA) is 3.24 Å². The highest BCUT2D eigenvalue weighted by Gasteiger charge is 1.82. The summed E-state index contributed by atoms with van der Waals surface area (Å²) in [6, 6.07) is 0. The van der Waals surface area contributed by atoms with Crippen LogP contribution in [0.2, 0.25) is 0 Å². The van der Waals surface area contributed by atoms with Crippen molar-refractivity contribution in [2.45, 2.75) is 0 Å². The third kappa shape index (κ3) is 2.62. The Morgan fingerprint density at radius 1 is 1.33 bits per heavy atom. The molecule has 0 unspecified atom stereocenters. The minimum atomic E-state index is 0.920. The van der Waals surface area contributed by atoms with Gasteiger partial charge in [0.05, 0.1) is 0 Å². The van der Waals surface area contributed by atoms with Crippen LogP contribution in [0, 0.1) is 0 Å². The van der Waals surface area contributed by atoms with E-state index in [-0.39, 0.29) is 0 Å². The lowest BCUT2D eigenvalue weighted by molar-refractivity contribution is 0.456. The van der Waals surface area contributed by atoms with Gasteiger partial charge in [-0.25, -0.2) is 0 Å². The van der Waals surface area contributed by atoms with E-state index in [0.29, 0.717) is 0 Å². The van der Waals surface area contributed by atoms with E-state index in [2.05, 4.69) is 25.4 Å². The van der Waals surface area contributed by atoms with E-state index in [1.54, 1.807) is 0 Å². The molecule has 0 heterocycles. The van der Waals surface area contributed by atoms with Crippen molar-refractivity contribution in [2.75, 3.05) is 19.4 Å². The van der Waals surface area contributed by atoms with Crippen LogP contribution in [0.1, 0.15) is 0 Å². The zero-order valence-corrected chi connectivity index (χ0v) is 5.86. The average molecular weight is 113 g/mol. The Labute approximate surface area is 45.6 Å². The van der Waals surface area contributed by atoms with Gasteiger partial charge in [-0.3, -0.25) is 0 Å². The molecule has 3 heteroatoms. The van der Waals surface area contributed by atoms with Gasteiger partial charge in [-0.2, -0.15) is 0 Å². The molecular formula is C3H7NSi2. The van der Waals surface area contributed by atoms with Crippen LogP contribution in [0.15, 0.2) is 0 Å². The number of nitrogens with zero attached hydrogens (tertiary/aromatic N) is 1. The van der Waals surface area contributed by atoms with Gasteiger partial charge in [-0.15, -0.1) is 0 Å². The van der Waals surface area contributed by atoms with Crippen molar-refractivity contribution >= 4 is 20.5 Å². The molecule has 0 aliphatic heterocycles. The van der Waals surface area contributed by atoms with Gasteiger partial charge >= 0.3 is 0 Å². The molecule has 0 rings (SSSR count). The fraction of sp³-hybridized carbons (Fsp3) is 1.00. The molecule has 0 amide bonds. The highest BCUT2D eigenvalue weighted by Crippen LogP contribution is 1.67. The lowest BCUT2D eigenvalue weighted by Gasteiger charge is -2.07. The molecule has 6 radical (unpaired) electrons. The molecule has 0 aromatic rings. The first-order chi connectivity index (χ1) is 2.81. The normalized spacial score (nSPS) is 10.0. The second-order valence-corrected chi connectivity index (χ2v) is 1.80. The molecule has 0 aromatic carbocycles. The number of hydrogen-bond donors (Lipinski definition) is 0. The Bertz CT molecular complexity index is 28.0. The summed E-state index contributed by atoms with van der Waals surface area (Å²) in [4.78, 5) is 2.08. The molecular weight excluding hydrogens is 106 g/mol. The van der Waals surface area contributed by atoms with E-state index in [1.807, 2.05) is 7.05 Å². The summed E-state index contributed by atoms with van der Waals surface area (Å²) < 4.78 is 0. The predicted molar refractivity (Wildman–Crippen MR) is 29.0 cm³/mol. The first-order valence-electron chi connectivity index (χ1n) is 1.79. The van der Waals surface area contributed by atoms with Crippen molar-refractivity contribution in [3.8, 4) is 0 Å². The smallest absolute Gasteiger partial charge is 0.0432 e. The van der Waals surface area contributed by atoms with Gasteiger partial charge in [0.15, 0.2) is 0 Å². The van der Waals surface area contributed by atoms with Crippen LogP contribution in [0.4, 0.5) is 0 Å². The maximum atomic E-state index is 3.31. The van der Waals surface area contributed by atoms with Gasteiger partial charge in [0.1, 0.15) is 0 Å². The summed E-state index contributed by atoms with van der Waals surface area (Å²) >= 11 is 0. The Balaban J connectivity index is 2.75. The standard InChI is InChI=1S/C3H7NSi2/c1-4(2-5)3-6/h2-3H2,1H3. The summed E-state index contributed by atoms with van der Waals surface area (Å²) in [7, 11) is 8.64. The molecule has 0 aliphatic rings. The van der Waals surface area contributed by atoms with Crippen molar-refractivity contribution in [1.82, 2.24) is 4.90 Å². The molecule has 0 N–H and O–H groups in total. The Kier molecular flexibility index (Phi) is 3.81. The SMILES string of the molecule is CN(C[Si])C[Si]. The van der Waals surface area contributed by atoms with Gasteiger partial charge in [0.2, 0.25) is 0 Å². The van der Waals surface area contributed by atoms with E-state index in [0.717, 1.165) is 12.3 Å². The van der Waals surface area contributed by atoms with Crippen molar-refractivity contribution in [1.29, 1.82) is 0 Å². The number of rotatable bonds is 2. The van der Waals surface area contributed by atoms with Crippen molar-refractivity contribution < 1.29 is 0 Å². The van der Waals surface area contributed by atoms with Crippen LogP contribution in [-0.4, -0.2) is 44.8 Å². The highest BCUT2D eigenvalue weighted by atomic mass is 28.1. The molecule has 0 saturated heterocycles. The summed E-state index contributed by atoms with van der Waals surface area (Å²) in [5.74, 6) is 0. The summed E-state index contributed by atoms with van der Waals surface area (Å²) in [5, 5.41) is 0. The summed E-state index contributed by atoms with van der Waals surface area (Å²) in [6.45, 7) is 0. The highest BCUT2D eigenvalue weighted by molar-refractivity contribution is 6.11. The average Bonchev–Trinajstić information content (AvgIpc) is 1.65. The zero-order valence-electron chi connectivity index (χ0n) is 3.86. The van der Waals surface area contributed by atoms with E-state index >= 15 is 0 Å². The fourth-order valence-electron chi connectivity index (χ4n) is 0.0559. The Hall–Kier alpha value is 0.394. The maximum Gasteiger partial charge on any atom is 0.0432 e. The van der Waals surface area contributed by atoms with E-state index in [1.165, 1.54) is 0 Å². The Morgan fingerprint density at radius 3 is 1.67 bits per heavy atom. The van der Waals surface area contributed by atoms with E-state index in [4.69, 9.17) is 0 Å². The largest absolute Gasteiger partial charge is 0.314 e. The second kappa shape index (κ2) is 3.58. The lowest BCUT2D eigenvalue weighted by atomic mass is 11.0. The predicted octanol–water partition coefficient (Wildman–Crippen LogP) is -0.830. The molecule has 0 atom stereocenters. The van der Waals surface area contributed by atoms with Crippen LogP contribution in [0.25, 0.3) is 0 Å². The van der Waals surface area contributed by atoms with Crippen LogP contribution < -0.4 is 0 Å². The van der Waals surface area contributed by atoms with Gasteiger partial charge in [-0.1, -0.05) is 0 Å². The van der Waals surface area contributed by atoms with Crippen LogP contribution >= 0.6 is 0 Å². The maximum absolute atomic E-state index is 3.31. The lowest BCUT2D eigenvalue weighted by Crippen LogP contribution is -2.20. The zero-order chi connectivity index (χ0) is 4.99. The molecule has 0 aromatic heterocycles. The van der Waals surface area contributed by atoms with Crippen molar-refractivity contribution in [3.63, 3.8) is 0 Å². The quantitative estimate of drug-likeness (QED) is 0.423. The molecule has 6 heavy (non-hydrogen) atoms. The van der Waals surface area contributed by atoms with Gasteiger partial charge < -0.3 is 4.90 Å². The molecule has 0 bridgehead atoms. The minimum Gasteiger partial charge on any atom is -0.314 e. The third-order valence-electron chi connectivity index (χ3n) is 0.540. The third-order valence-corrected chi connectivity index (χ3v) is 1.62. The first-order valence-corrected chi connectivity index (χ1v) is 3.20.